The molecule has 0 spiro atoms. The Balaban J connectivity index is 0.000000146. The molecule has 0 aromatic heterocycles. The third-order valence-corrected chi connectivity index (χ3v) is 2.25. The van der Waals surface area contributed by atoms with Crippen LogP contribution in [0.4, 0.5) is 0 Å². The van der Waals surface area contributed by atoms with Crippen LogP contribution in [0.5, 0.6) is 0 Å². The minimum Gasteiger partial charge on any atom is -0.373 e. The monoisotopic (exact) mass is 204 g/mol. The highest BCUT2D eigenvalue weighted by Gasteiger charge is 2.16. The van der Waals surface area contributed by atoms with Crippen molar-refractivity contribution in [2.45, 2.75) is 32.5 Å². The second kappa shape index (κ2) is 7.17. The van der Waals surface area contributed by atoms with E-state index in [9.17, 15) is 0 Å². The topological polar surface area (TPSA) is 36.9 Å². The van der Waals surface area contributed by atoms with Gasteiger partial charge >= 0.3 is 0 Å². The molecule has 2 aliphatic heterocycles. The molecule has 0 saturated carbocycles. The van der Waals surface area contributed by atoms with Crippen LogP contribution in [-0.4, -0.2) is 45.4 Å². The molecule has 2 unspecified atom stereocenters. The Bertz CT molecular complexity index is 115. The van der Waals surface area contributed by atoms with Gasteiger partial charge in [-0.05, 0) is 20.3 Å². The Morgan fingerprint density at radius 1 is 0.786 bits per heavy atom. The Morgan fingerprint density at radius 2 is 1.29 bits per heavy atom. The highest BCUT2D eigenvalue weighted by molar-refractivity contribution is 4.63. The molecule has 0 aliphatic carbocycles. The molecule has 14 heavy (non-hydrogen) atoms. The third kappa shape index (κ3) is 4.91. The van der Waals surface area contributed by atoms with Crippen LogP contribution in [0.2, 0.25) is 0 Å². The predicted molar refractivity (Wildman–Crippen MR) is 52.2 cm³/mol. The molecule has 2 rings (SSSR count). The van der Waals surface area contributed by atoms with Gasteiger partial charge in [0.15, 0.2) is 0 Å². The Labute approximate surface area is 85.5 Å². The first kappa shape index (κ1) is 11.9. The van der Waals surface area contributed by atoms with Crippen LogP contribution >= 0.6 is 0 Å². The quantitative estimate of drug-likeness (QED) is 0.594. The van der Waals surface area contributed by atoms with Crippen LogP contribution < -0.4 is 0 Å². The van der Waals surface area contributed by atoms with Gasteiger partial charge in [-0.1, -0.05) is 0 Å². The van der Waals surface area contributed by atoms with Gasteiger partial charge in [0.1, 0.15) is 6.79 Å². The van der Waals surface area contributed by atoms with Crippen molar-refractivity contribution in [2.75, 3.05) is 33.2 Å². The average molecular weight is 204 g/mol. The van der Waals surface area contributed by atoms with E-state index in [1.54, 1.807) is 0 Å². The van der Waals surface area contributed by atoms with E-state index in [0.717, 1.165) is 32.8 Å². The SMILES string of the molecule is C1COCOC1.CC1OCCOC1C. The summed E-state index contributed by atoms with van der Waals surface area (Å²) in [5, 5.41) is 0. The highest BCUT2D eigenvalue weighted by atomic mass is 16.7. The molecule has 0 bridgehead atoms. The maximum absolute atomic E-state index is 5.27. The number of ether oxygens (including phenoxy) is 4. The second-order valence-electron chi connectivity index (χ2n) is 3.44. The summed E-state index contributed by atoms with van der Waals surface area (Å²) in [6, 6.07) is 0. The van der Waals surface area contributed by atoms with Gasteiger partial charge in [-0.15, -0.1) is 0 Å². The van der Waals surface area contributed by atoms with E-state index >= 15 is 0 Å². The molecule has 2 saturated heterocycles. The van der Waals surface area contributed by atoms with Gasteiger partial charge in [-0.3, -0.25) is 0 Å². The van der Waals surface area contributed by atoms with Crippen LogP contribution in [-0.2, 0) is 18.9 Å². The molecule has 4 nitrogen and oxygen atoms in total. The number of rotatable bonds is 0. The van der Waals surface area contributed by atoms with Crippen LogP contribution in [0, 0.1) is 0 Å². The lowest BCUT2D eigenvalue weighted by Crippen LogP contribution is -2.33. The lowest BCUT2D eigenvalue weighted by atomic mass is 10.2. The molecule has 2 heterocycles. The smallest absolute Gasteiger partial charge is 0.146 e. The molecule has 2 aliphatic rings. The Kier molecular flexibility index (Phi) is 6.10. The van der Waals surface area contributed by atoms with Gasteiger partial charge in [0.25, 0.3) is 0 Å². The summed E-state index contributed by atoms with van der Waals surface area (Å²) in [6.45, 7) is 7.82. The summed E-state index contributed by atoms with van der Waals surface area (Å²) in [5.41, 5.74) is 0. The van der Waals surface area contributed by atoms with Crippen molar-refractivity contribution in [3.63, 3.8) is 0 Å². The molecule has 0 aromatic rings. The van der Waals surface area contributed by atoms with E-state index in [1.165, 1.54) is 0 Å². The summed E-state index contributed by atoms with van der Waals surface area (Å²) >= 11 is 0. The van der Waals surface area contributed by atoms with Crippen molar-refractivity contribution in [3.05, 3.63) is 0 Å². The van der Waals surface area contributed by atoms with Crippen molar-refractivity contribution in [1.82, 2.24) is 0 Å². The lowest BCUT2D eigenvalue weighted by molar-refractivity contribution is -0.124. The maximum Gasteiger partial charge on any atom is 0.146 e. The first-order valence-electron chi connectivity index (χ1n) is 5.19. The molecule has 0 aromatic carbocycles. The first-order valence-corrected chi connectivity index (χ1v) is 5.19. The first-order chi connectivity index (χ1) is 6.80. The van der Waals surface area contributed by atoms with Gasteiger partial charge in [0.05, 0.1) is 38.6 Å². The molecule has 4 heteroatoms. The molecule has 0 amide bonds. The molecule has 2 fully saturated rings. The lowest BCUT2D eigenvalue weighted by Gasteiger charge is -2.25. The molecular weight excluding hydrogens is 184 g/mol. The second-order valence-corrected chi connectivity index (χ2v) is 3.44. The highest BCUT2D eigenvalue weighted by Crippen LogP contribution is 2.07. The average Bonchev–Trinajstić information content (AvgIpc) is 2.26. The predicted octanol–water partition coefficient (Wildman–Crippen LogP) is 1.19. The Morgan fingerprint density at radius 3 is 1.50 bits per heavy atom. The standard InChI is InChI=1S/C6H12O2.C4H8O2/c1-5-6(2)8-4-3-7-5;1-2-5-4-6-3-1/h5-6H,3-4H2,1-2H3;1-4H2. The van der Waals surface area contributed by atoms with Crippen LogP contribution in [0.25, 0.3) is 0 Å². The normalized spacial score (nSPS) is 33.0. The van der Waals surface area contributed by atoms with E-state index < -0.39 is 0 Å². The largest absolute Gasteiger partial charge is 0.373 e. The third-order valence-electron chi connectivity index (χ3n) is 2.25. The van der Waals surface area contributed by atoms with Gasteiger partial charge in [-0.25, -0.2) is 0 Å². The molecular formula is C10H20O4. The molecule has 84 valence electrons. The van der Waals surface area contributed by atoms with E-state index in [1.807, 2.05) is 13.8 Å². The Hall–Kier alpha value is -0.160. The zero-order valence-corrected chi connectivity index (χ0v) is 9.03. The van der Waals surface area contributed by atoms with Crippen molar-refractivity contribution in [3.8, 4) is 0 Å². The van der Waals surface area contributed by atoms with E-state index in [2.05, 4.69) is 0 Å². The van der Waals surface area contributed by atoms with Gasteiger partial charge in [-0.2, -0.15) is 0 Å². The maximum atomic E-state index is 5.27. The summed E-state index contributed by atoms with van der Waals surface area (Å²) < 4.78 is 20.2. The van der Waals surface area contributed by atoms with Gasteiger partial charge in [0, 0.05) is 0 Å². The fraction of sp³-hybridized carbons (Fsp3) is 1.00. The number of hydrogen-bond acceptors (Lipinski definition) is 4. The van der Waals surface area contributed by atoms with Crippen molar-refractivity contribution in [2.24, 2.45) is 0 Å². The molecule has 0 radical (unpaired) electrons. The molecule has 0 N–H and O–H groups in total. The fourth-order valence-corrected chi connectivity index (χ4v) is 1.18. The van der Waals surface area contributed by atoms with Crippen molar-refractivity contribution >= 4 is 0 Å². The van der Waals surface area contributed by atoms with Gasteiger partial charge < -0.3 is 18.9 Å². The van der Waals surface area contributed by atoms with Crippen LogP contribution in [0.1, 0.15) is 20.3 Å². The minimum atomic E-state index is 0.281. The summed E-state index contributed by atoms with van der Waals surface area (Å²) in [7, 11) is 0. The zero-order chi connectivity index (χ0) is 10.2. The van der Waals surface area contributed by atoms with E-state index in [4.69, 9.17) is 18.9 Å². The van der Waals surface area contributed by atoms with Crippen molar-refractivity contribution in [1.29, 1.82) is 0 Å². The number of hydrogen-bond donors (Lipinski definition) is 0. The zero-order valence-electron chi connectivity index (χ0n) is 9.03. The summed E-state index contributed by atoms with van der Waals surface area (Å²) in [6.07, 6.45) is 1.62. The van der Waals surface area contributed by atoms with Gasteiger partial charge in [0.2, 0.25) is 0 Å². The van der Waals surface area contributed by atoms with E-state index in [-0.39, 0.29) is 12.2 Å². The summed E-state index contributed by atoms with van der Waals surface area (Å²) in [4.78, 5) is 0. The van der Waals surface area contributed by atoms with Crippen LogP contribution in [0.15, 0.2) is 0 Å². The molecule has 2 atom stereocenters. The fourth-order valence-electron chi connectivity index (χ4n) is 1.18. The van der Waals surface area contributed by atoms with E-state index in [0.29, 0.717) is 6.79 Å². The van der Waals surface area contributed by atoms with Crippen LogP contribution in [0.3, 0.4) is 0 Å². The minimum absolute atomic E-state index is 0.281. The summed E-state index contributed by atoms with van der Waals surface area (Å²) in [5.74, 6) is 0. The van der Waals surface area contributed by atoms with Crippen molar-refractivity contribution < 1.29 is 18.9 Å².